The van der Waals surface area contributed by atoms with E-state index >= 15 is 0 Å². The van der Waals surface area contributed by atoms with Crippen LogP contribution in [0.5, 0.6) is 0 Å². The van der Waals surface area contributed by atoms with Crippen LogP contribution in [0.2, 0.25) is 0 Å². The molecule has 0 spiro atoms. The standard InChI is InChI=1S/C11H18BrN5O3S/c1-15(2)10(18)8-4-6-17(7-5-8)21(19,20)11-9(12)13-14-16(11)3/h8H,4-7H2,1-3H3. The second-order valence-corrected chi connectivity index (χ2v) is 7.82. The zero-order chi connectivity index (χ0) is 15.8. The molecule has 0 unspecified atom stereocenters. The molecular formula is C11H18BrN5O3S. The molecular weight excluding hydrogens is 362 g/mol. The number of aromatic nitrogens is 3. The fourth-order valence-electron chi connectivity index (χ4n) is 2.43. The van der Waals surface area contributed by atoms with Crippen molar-refractivity contribution in [2.75, 3.05) is 27.2 Å². The molecule has 0 saturated carbocycles. The van der Waals surface area contributed by atoms with Crippen LogP contribution in [0.3, 0.4) is 0 Å². The molecule has 0 aromatic carbocycles. The van der Waals surface area contributed by atoms with E-state index in [-0.39, 0.29) is 21.5 Å². The third kappa shape index (κ3) is 3.11. The molecule has 21 heavy (non-hydrogen) atoms. The lowest BCUT2D eigenvalue weighted by Gasteiger charge is -2.31. The van der Waals surface area contributed by atoms with E-state index in [4.69, 9.17) is 0 Å². The predicted octanol–water partition coefficient (Wildman–Crippen LogP) is 0.0665. The van der Waals surface area contributed by atoms with Gasteiger partial charge in [0.1, 0.15) is 0 Å². The molecule has 2 heterocycles. The van der Waals surface area contributed by atoms with Gasteiger partial charge in [-0.25, -0.2) is 13.1 Å². The summed E-state index contributed by atoms with van der Waals surface area (Å²) < 4.78 is 28.0. The summed E-state index contributed by atoms with van der Waals surface area (Å²) in [4.78, 5) is 13.5. The zero-order valence-corrected chi connectivity index (χ0v) is 14.6. The highest BCUT2D eigenvalue weighted by Crippen LogP contribution is 2.27. The number of aryl methyl sites for hydroxylation is 1. The monoisotopic (exact) mass is 379 g/mol. The number of carbonyl (C=O) groups is 1. The maximum Gasteiger partial charge on any atom is 0.263 e. The number of carbonyl (C=O) groups excluding carboxylic acids is 1. The van der Waals surface area contributed by atoms with Gasteiger partial charge in [0.15, 0.2) is 4.60 Å². The lowest BCUT2D eigenvalue weighted by atomic mass is 9.97. The normalized spacial score (nSPS) is 17.9. The van der Waals surface area contributed by atoms with Gasteiger partial charge in [-0.15, -0.1) is 5.10 Å². The van der Waals surface area contributed by atoms with Crippen molar-refractivity contribution in [2.45, 2.75) is 17.9 Å². The van der Waals surface area contributed by atoms with Crippen LogP contribution in [0, 0.1) is 5.92 Å². The Bertz CT molecular complexity index is 615. The Labute approximate surface area is 132 Å². The van der Waals surface area contributed by atoms with Crippen LogP contribution in [-0.2, 0) is 21.9 Å². The summed E-state index contributed by atoms with van der Waals surface area (Å²) in [5.41, 5.74) is 0. The van der Waals surface area contributed by atoms with Crippen LogP contribution >= 0.6 is 15.9 Å². The molecule has 1 amide bonds. The van der Waals surface area contributed by atoms with E-state index in [0.29, 0.717) is 25.9 Å². The van der Waals surface area contributed by atoms with E-state index in [1.54, 1.807) is 19.0 Å². The molecule has 0 aliphatic carbocycles. The third-order valence-electron chi connectivity index (χ3n) is 3.57. The number of piperidine rings is 1. The highest BCUT2D eigenvalue weighted by molar-refractivity contribution is 9.10. The fraction of sp³-hybridized carbons (Fsp3) is 0.727. The largest absolute Gasteiger partial charge is 0.349 e. The summed E-state index contributed by atoms with van der Waals surface area (Å²) in [5, 5.41) is 7.45. The lowest BCUT2D eigenvalue weighted by molar-refractivity contribution is -0.134. The van der Waals surface area contributed by atoms with Gasteiger partial charge >= 0.3 is 0 Å². The van der Waals surface area contributed by atoms with E-state index < -0.39 is 10.0 Å². The second kappa shape index (κ2) is 6.01. The molecule has 1 aliphatic rings. The minimum atomic E-state index is -3.65. The summed E-state index contributed by atoms with van der Waals surface area (Å²) in [6, 6.07) is 0. The van der Waals surface area contributed by atoms with Crippen molar-refractivity contribution in [3.8, 4) is 0 Å². The maximum atomic E-state index is 12.6. The van der Waals surface area contributed by atoms with Crippen LogP contribution in [0.15, 0.2) is 9.63 Å². The van der Waals surface area contributed by atoms with Crippen LogP contribution < -0.4 is 0 Å². The maximum absolute atomic E-state index is 12.6. The minimum Gasteiger partial charge on any atom is -0.349 e. The summed E-state index contributed by atoms with van der Waals surface area (Å²) in [6.45, 7) is 0.647. The van der Waals surface area contributed by atoms with Gasteiger partial charge in [0, 0.05) is 40.2 Å². The van der Waals surface area contributed by atoms with Gasteiger partial charge < -0.3 is 4.90 Å². The van der Waals surface area contributed by atoms with Crippen molar-refractivity contribution >= 4 is 31.9 Å². The van der Waals surface area contributed by atoms with Crippen molar-refractivity contribution in [3.63, 3.8) is 0 Å². The molecule has 1 aromatic heterocycles. The van der Waals surface area contributed by atoms with Crippen LogP contribution in [0.1, 0.15) is 12.8 Å². The number of hydrogen-bond acceptors (Lipinski definition) is 5. The van der Waals surface area contributed by atoms with Gasteiger partial charge in [0.2, 0.25) is 10.9 Å². The average molecular weight is 380 g/mol. The van der Waals surface area contributed by atoms with Gasteiger partial charge in [-0.1, -0.05) is 5.21 Å². The number of halogens is 1. The van der Waals surface area contributed by atoms with Crippen LogP contribution in [-0.4, -0.2) is 65.7 Å². The molecule has 1 aromatic rings. The Hall–Kier alpha value is -1.00. The van der Waals surface area contributed by atoms with Crippen molar-refractivity contribution in [1.82, 2.24) is 24.2 Å². The highest BCUT2D eigenvalue weighted by atomic mass is 79.9. The van der Waals surface area contributed by atoms with Crippen molar-refractivity contribution < 1.29 is 13.2 Å². The minimum absolute atomic E-state index is 0.0416. The average Bonchev–Trinajstić information content (AvgIpc) is 2.78. The molecule has 0 bridgehead atoms. The third-order valence-corrected chi connectivity index (χ3v) is 6.35. The van der Waals surface area contributed by atoms with E-state index in [9.17, 15) is 13.2 Å². The summed E-state index contributed by atoms with van der Waals surface area (Å²) >= 11 is 3.11. The van der Waals surface area contributed by atoms with Gasteiger partial charge in [0.25, 0.3) is 10.0 Å². The molecule has 10 heteroatoms. The smallest absolute Gasteiger partial charge is 0.263 e. The number of hydrogen-bond donors (Lipinski definition) is 0. The molecule has 1 aliphatic heterocycles. The van der Waals surface area contributed by atoms with Gasteiger partial charge in [-0.2, -0.15) is 4.31 Å². The Kier molecular flexibility index (Phi) is 4.69. The Morgan fingerprint density at radius 3 is 2.33 bits per heavy atom. The molecule has 0 N–H and O–H groups in total. The lowest BCUT2D eigenvalue weighted by Crippen LogP contribution is -2.43. The summed E-state index contributed by atoms with van der Waals surface area (Å²) in [7, 11) is 1.31. The number of amides is 1. The zero-order valence-electron chi connectivity index (χ0n) is 12.2. The Balaban J connectivity index is 2.14. The van der Waals surface area contributed by atoms with E-state index in [1.807, 2.05) is 0 Å². The van der Waals surface area contributed by atoms with E-state index in [0.717, 1.165) is 0 Å². The van der Waals surface area contributed by atoms with Crippen LogP contribution in [0.25, 0.3) is 0 Å². The summed E-state index contributed by atoms with van der Waals surface area (Å²) in [6.07, 6.45) is 1.05. The summed E-state index contributed by atoms with van der Waals surface area (Å²) in [5.74, 6) is -0.0602. The molecule has 0 radical (unpaired) electrons. The number of rotatable bonds is 3. The highest BCUT2D eigenvalue weighted by Gasteiger charge is 2.35. The van der Waals surface area contributed by atoms with E-state index in [1.165, 1.54) is 16.0 Å². The van der Waals surface area contributed by atoms with Crippen LogP contribution in [0.4, 0.5) is 0 Å². The topological polar surface area (TPSA) is 88.4 Å². The van der Waals surface area contributed by atoms with Crippen molar-refractivity contribution in [2.24, 2.45) is 13.0 Å². The first-order valence-corrected chi connectivity index (χ1v) is 8.75. The van der Waals surface area contributed by atoms with E-state index in [2.05, 4.69) is 26.2 Å². The molecule has 118 valence electrons. The predicted molar refractivity (Wildman–Crippen MR) is 78.9 cm³/mol. The molecule has 0 atom stereocenters. The van der Waals surface area contributed by atoms with Crippen molar-refractivity contribution in [1.29, 1.82) is 0 Å². The van der Waals surface area contributed by atoms with Gasteiger partial charge in [0.05, 0.1) is 0 Å². The molecule has 2 rings (SSSR count). The van der Waals surface area contributed by atoms with Gasteiger partial charge in [-0.3, -0.25) is 4.79 Å². The Morgan fingerprint density at radius 2 is 1.90 bits per heavy atom. The fourth-order valence-corrected chi connectivity index (χ4v) is 4.93. The van der Waals surface area contributed by atoms with Crippen molar-refractivity contribution in [3.05, 3.63) is 4.60 Å². The molecule has 1 saturated heterocycles. The second-order valence-electron chi connectivity index (χ2n) is 5.22. The first-order chi connectivity index (χ1) is 9.75. The molecule has 8 nitrogen and oxygen atoms in total. The SMILES string of the molecule is CN(C)C(=O)C1CCN(S(=O)(=O)c2c(Br)nnn2C)CC1. The Morgan fingerprint density at radius 1 is 1.33 bits per heavy atom. The number of nitrogens with zero attached hydrogens (tertiary/aromatic N) is 5. The first-order valence-electron chi connectivity index (χ1n) is 6.51. The van der Waals surface area contributed by atoms with Gasteiger partial charge in [-0.05, 0) is 28.8 Å². The quantitative estimate of drug-likeness (QED) is 0.741. The number of sulfonamides is 1. The molecule has 1 fully saturated rings. The first kappa shape index (κ1) is 16.4.